The van der Waals surface area contributed by atoms with Gasteiger partial charge >= 0.3 is 0 Å². The number of rotatable bonds is 14. The van der Waals surface area contributed by atoms with Gasteiger partial charge in [-0.05, 0) is 0 Å². The smallest absolute Gasteiger partial charge is 0.115 e. The Bertz CT molecular complexity index is 949. The largest absolute Gasteiger partial charge is 0.394 e. The van der Waals surface area contributed by atoms with Crippen molar-refractivity contribution in [2.75, 3.05) is 60.0 Å². The van der Waals surface area contributed by atoms with E-state index in [2.05, 4.69) is 0 Å². The van der Waals surface area contributed by atoms with E-state index >= 15 is 0 Å². The van der Waals surface area contributed by atoms with E-state index in [0.717, 1.165) is 0 Å². The second-order valence-corrected chi connectivity index (χ2v) is 12.4. The predicted octanol–water partition coefficient (Wildman–Crippen LogP) is -8.29. The normalized spacial score (nSPS) is 48.8. The maximum Gasteiger partial charge on any atom is 0.115 e. The molecule has 0 aromatic heterocycles. The lowest BCUT2D eigenvalue weighted by Crippen LogP contribution is -2.64. The van der Waals surface area contributed by atoms with E-state index < -0.39 is 162 Å². The number of ether oxygens (including phenoxy) is 8. The van der Waals surface area contributed by atoms with Gasteiger partial charge in [0, 0.05) is 7.11 Å². The highest BCUT2D eigenvalue weighted by molar-refractivity contribution is 4.97. The average Bonchev–Trinajstić information content (AvgIpc) is 3.07. The zero-order valence-electron chi connectivity index (χ0n) is 26.3. The summed E-state index contributed by atoms with van der Waals surface area (Å²) in [7, 11) is 1.25. The molecule has 4 rings (SSSR count). The number of aliphatic hydroxyl groups is 12. The number of aliphatic hydroxyl groups excluding tert-OH is 12. The van der Waals surface area contributed by atoms with Crippen LogP contribution in [0.1, 0.15) is 0 Å². The minimum atomic E-state index is -1.64. The molecule has 0 aromatic rings. The lowest BCUT2D eigenvalue weighted by Gasteiger charge is -2.45. The third-order valence-corrected chi connectivity index (χ3v) is 9.24. The highest BCUT2D eigenvalue weighted by Crippen LogP contribution is 2.29. The molecule has 4 aliphatic heterocycles. The summed E-state index contributed by atoms with van der Waals surface area (Å²) in [5, 5.41) is 123. The second-order valence-electron chi connectivity index (χ2n) is 12.4. The van der Waals surface area contributed by atoms with Crippen LogP contribution in [0.25, 0.3) is 0 Å². The lowest BCUT2D eigenvalue weighted by atomic mass is 9.93. The first-order chi connectivity index (χ1) is 22.9. The molecule has 282 valence electrons. The maximum absolute atomic E-state index is 11.2. The minimum absolute atomic E-state index is 0.254. The number of methoxy groups -OCH3 is 1. The van der Waals surface area contributed by atoms with Gasteiger partial charge in [-0.15, -0.1) is 0 Å². The van der Waals surface area contributed by atoms with Crippen LogP contribution in [0.3, 0.4) is 0 Å². The van der Waals surface area contributed by atoms with Crippen molar-refractivity contribution in [3.63, 3.8) is 0 Å². The van der Waals surface area contributed by atoms with Crippen LogP contribution in [0.15, 0.2) is 0 Å². The molecule has 0 bridgehead atoms. The summed E-state index contributed by atoms with van der Waals surface area (Å²) in [5.41, 5.74) is 0. The third-order valence-electron chi connectivity index (χ3n) is 9.24. The van der Waals surface area contributed by atoms with Crippen molar-refractivity contribution >= 4 is 0 Å². The van der Waals surface area contributed by atoms with Gasteiger partial charge in [-0.2, -0.15) is 0 Å². The zero-order valence-corrected chi connectivity index (χ0v) is 26.3. The number of hydrogen-bond acceptors (Lipinski definition) is 20. The predicted molar refractivity (Wildman–Crippen MR) is 152 cm³/mol. The fourth-order valence-corrected chi connectivity index (χ4v) is 6.32. The van der Waals surface area contributed by atoms with Crippen molar-refractivity contribution in [3.05, 3.63) is 0 Å². The first-order valence-electron chi connectivity index (χ1n) is 15.7. The number of hydrogen-bond donors (Lipinski definition) is 12. The van der Waals surface area contributed by atoms with Gasteiger partial charge in [0.1, 0.15) is 116 Å². The molecular weight excluding hydrogens is 656 g/mol. The van der Waals surface area contributed by atoms with Crippen LogP contribution in [-0.2, 0) is 37.9 Å². The fraction of sp³-hybridized carbons (Fsp3) is 1.00. The highest BCUT2D eigenvalue weighted by Gasteiger charge is 2.50. The highest BCUT2D eigenvalue weighted by atomic mass is 16.6. The van der Waals surface area contributed by atoms with Gasteiger partial charge in [-0.3, -0.25) is 0 Å². The van der Waals surface area contributed by atoms with Gasteiger partial charge in [0.15, 0.2) is 0 Å². The van der Waals surface area contributed by atoms with Crippen molar-refractivity contribution < 1.29 is 99.2 Å². The van der Waals surface area contributed by atoms with Crippen molar-refractivity contribution in [1.29, 1.82) is 0 Å². The van der Waals surface area contributed by atoms with E-state index in [0.29, 0.717) is 0 Å². The summed E-state index contributed by atoms with van der Waals surface area (Å²) in [6.07, 6.45) is -25.7. The van der Waals surface area contributed by atoms with E-state index in [4.69, 9.17) is 37.9 Å². The Balaban J connectivity index is 1.45. The standard InChI is InChI=1S/C28H50O20/c1-41-27-21(36)13(4-31)47-16(22(27)37)9-45-28-23(38)15(7-42-6-14-19(34)25(40)18(33)12(3-30)46-14)48-17(24(28)39)8-44-26-10(32)5-43-11(2-29)20(26)35/h10-40H,2-9H2,1H3. The zero-order chi connectivity index (χ0) is 35.3. The molecule has 0 aliphatic carbocycles. The third kappa shape index (κ3) is 8.80. The van der Waals surface area contributed by atoms with Crippen molar-refractivity contribution in [1.82, 2.24) is 0 Å². The van der Waals surface area contributed by atoms with E-state index in [1.54, 1.807) is 0 Å². The molecule has 4 saturated heterocycles. The van der Waals surface area contributed by atoms with Crippen molar-refractivity contribution in [3.8, 4) is 0 Å². The van der Waals surface area contributed by atoms with Gasteiger partial charge < -0.3 is 99.2 Å². The molecular formula is C28H50O20. The molecule has 0 amide bonds. The summed E-state index contributed by atoms with van der Waals surface area (Å²) in [4.78, 5) is 0. The second kappa shape index (κ2) is 18.1. The van der Waals surface area contributed by atoms with Crippen LogP contribution in [-0.4, -0.2) is 237 Å². The first-order valence-corrected chi connectivity index (χ1v) is 15.7. The van der Waals surface area contributed by atoms with Crippen LogP contribution in [0.4, 0.5) is 0 Å². The van der Waals surface area contributed by atoms with E-state index in [1.165, 1.54) is 7.11 Å². The Morgan fingerprint density at radius 2 is 0.854 bits per heavy atom. The Morgan fingerprint density at radius 1 is 0.458 bits per heavy atom. The molecule has 0 aromatic carbocycles. The van der Waals surface area contributed by atoms with E-state index in [9.17, 15) is 61.3 Å². The van der Waals surface area contributed by atoms with Crippen LogP contribution in [0, 0.1) is 0 Å². The molecule has 19 atom stereocenters. The Morgan fingerprint density at radius 3 is 1.40 bits per heavy atom. The summed E-state index contributed by atoms with van der Waals surface area (Å²) < 4.78 is 44.4. The van der Waals surface area contributed by atoms with Gasteiger partial charge in [0.2, 0.25) is 0 Å². The van der Waals surface area contributed by atoms with Crippen LogP contribution in [0.5, 0.6) is 0 Å². The van der Waals surface area contributed by atoms with E-state index in [1.807, 2.05) is 0 Å². The molecule has 19 unspecified atom stereocenters. The topological polar surface area (TPSA) is 317 Å². The van der Waals surface area contributed by atoms with Gasteiger partial charge in [0.05, 0.1) is 52.9 Å². The molecule has 12 N–H and O–H groups in total. The lowest BCUT2D eigenvalue weighted by molar-refractivity contribution is -0.284. The average molecular weight is 707 g/mol. The molecule has 4 fully saturated rings. The van der Waals surface area contributed by atoms with Crippen LogP contribution >= 0.6 is 0 Å². The minimum Gasteiger partial charge on any atom is -0.394 e. The summed E-state index contributed by atoms with van der Waals surface area (Å²) in [6, 6.07) is 0. The van der Waals surface area contributed by atoms with Gasteiger partial charge in [0.25, 0.3) is 0 Å². The maximum atomic E-state index is 11.2. The molecule has 4 aliphatic rings. The van der Waals surface area contributed by atoms with Gasteiger partial charge in [-0.1, -0.05) is 0 Å². The molecule has 0 saturated carbocycles. The molecule has 4 heterocycles. The van der Waals surface area contributed by atoms with Crippen LogP contribution < -0.4 is 0 Å². The van der Waals surface area contributed by atoms with E-state index in [-0.39, 0.29) is 6.61 Å². The molecule has 48 heavy (non-hydrogen) atoms. The van der Waals surface area contributed by atoms with Crippen molar-refractivity contribution in [2.45, 2.75) is 116 Å². The monoisotopic (exact) mass is 706 g/mol. The summed E-state index contributed by atoms with van der Waals surface area (Å²) >= 11 is 0. The van der Waals surface area contributed by atoms with Crippen LogP contribution in [0.2, 0.25) is 0 Å². The Hall–Kier alpha value is -0.800. The molecule has 0 radical (unpaired) electrons. The first kappa shape index (κ1) is 40.0. The van der Waals surface area contributed by atoms with Gasteiger partial charge in [-0.25, -0.2) is 0 Å². The summed E-state index contributed by atoms with van der Waals surface area (Å²) in [5.74, 6) is 0. The molecule has 20 nitrogen and oxygen atoms in total. The quantitative estimate of drug-likeness (QED) is 0.0798. The Kier molecular flexibility index (Phi) is 15.1. The SMILES string of the molecule is COC1C(O)C(CO)OC(COC2C(O)C(COCC3OC(CO)C(O)C(O)C3O)OC(COC3C(O)COC(CO)C3O)C2O)C1O. The fourth-order valence-electron chi connectivity index (χ4n) is 6.32. The van der Waals surface area contributed by atoms with Crippen molar-refractivity contribution in [2.24, 2.45) is 0 Å². The Labute approximate surface area is 275 Å². The molecule has 20 heteroatoms. The summed E-state index contributed by atoms with van der Waals surface area (Å²) in [6.45, 7) is -3.82. The molecule has 0 spiro atoms.